The number of aromatic nitrogens is 2. The molecule has 1 saturated heterocycles. The number of halogens is 3. The number of carbonyl (C=O) groups is 1. The number of benzene rings is 2. The van der Waals surface area contributed by atoms with Gasteiger partial charge in [0.15, 0.2) is 0 Å². The molecule has 0 bridgehead atoms. The van der Waals surface area contributed by atoms with Gasteiger partial charge in [-0.05, 0) is 52.3 Å². The fourth-order valence-corrected chi connectivity index (χ4v) is 7.18. The Morgan fingerprint density at radius 2 is 1.64 bits per heavy atom. The van der Waals surface area contributed by atoms with Gasteiger partial charge in [0.05, 0.1) is 26.8 Å². The highest BCUT2D eigenvalue weighted by Gasteiger charge is 2.33. The number of para-hydroxylation sites is 1. The van der Waals surface area contributed by atoms with Crippen LogP contribution in [0.2, 0.25) is 10.0 Å². The predicted octanol–water partition coefficient (Wildman–Crippen LogP) is 5.51. The molecular formula is C25H19BrCl2N4O3S. The lowest BCUT2D eigenvalue weighted by Gasteiger charge is -2.34. The molecule has 184 valence electrons. The third-order valence-corrected chi connectivity index (χ3v) is 9.52. The number of nitrogens with zero attached hydrogens (tertiary/aromatic N) is 4. The fraction of sp³-hybridized carbons (Fsp3) is 0.160. The van der Waals surface area contributed by atoms with Gasteiger partial charge >= 0.3 is 0 Å². The summed E-state index contributed by atoms with van der Waals surface area (Å²) in [5.74, 6) is -0.196. The number of rotatable bonds is 4. The van der Waals surface area contributed by atoms with E-state index in [0.717, 1.165) is 10.0 Å². The molecule has 7 nitrogen and oxygen atoms in total. The lowest BCUT2D eigenvalue weighted by molar-refractivity contribution is 0.0700. The van der Waals surface area contributed by atoms with E-state index in [9.17, 15) is 13.2 Å². The van der Waals surface area contributed by atoms with Crippen LogP contribution in [0.1, 0.15) is 10.4 Å². The number of pyridine rings is 2. The zero-order valence-corrected chi connectivity index (χ0v) is 22.6. The van der Waals surface area contributed by atoms with Crippen LogP contribution in [0.3, 0.4) is 0 Å². The summed E-state index contributed by atoms with van der Waals surface area (Å²) in [6.45, 7) is 0.690. The van der Waals surface area contributed by atoms with Crippen molar-refractivity contribution >= 4 is 66.0 Å². The van der Waals surface area contributed by atoms with Gasteiger partial charge < -0.3 is 4.90 Å². The second-order valence-corrected chi connectivity index (χ2v) is 11.7. The van der Waals surface area contributed by atoms with Crippen LogP contribution in [-0.2, 0) is 10.0 Å². The highest BCUT2D eigenvalue weighted by atomic mass is 79.9. The van der Waals surface area contributed by atoms with Crippen molar-refractivity contribution in [3.8, 4) is 11.3 Å². The van der Waals surface area contributed by atoms with Gasteiger partial charge in [0.2, 0.25) is 10.0 Å². The predicted molar refractivity (Wildman–Crippen MR) is 144 cm³/mol. The Kier molecular flexibility index (Phi) is 7.02. The second-order valence-electron chi connectivity index (χ2n) is 8.18. The number of hydrogen-bond acceptors (Lipinski definition) is 5. The Hall–Kier alpha value is -2.56. The van der Waals surface area contributed by atoms with Crippen LogP contribution in [0.5, 0.6) is 0 Å². The minimum atomic E-state index is -3.91. The summed E-state index contributed by atoms with van der Waals surface area (Å²) in [6, 6.07) is 15.6. The molecule has 1 amide bonds. The van der Waals surface area contributed by atoms with Crippen molar-refractivity contribution in [1.82, 2.24) is 19.2 Å². The van der Waals surface area contributed by atoms with E-state index in [1.165, 1.54) is 16.4 Å². The van der Waals surface area contributed by atoms with Crippen molar-refractivity contribution < 1.29 is 13.2 Å². The molecule has 0 saturated carbocycles. The van der Waals surface area contributed by atoms with Gasteiger partial charge in [-0.3, -0.25) is 9.78 Å². The SMILES string of the molecule is O=C(c1cc(-c2cccnc2)nc2c(Br)cccc12)N1CCN(S(=O)(=O)c2c(Cl)cccc2Cl)CC1. The molecule has 3 heterocycles. The van der Waals surface area contributed by atoms with E-state index in [4.69, 9.17) is 28.2 Å². The number of fused-ring (bicyclic) bond motifs is 1. The highest BCUT2D eigenvalue weighted by molar-refractivity contribution is 9.10. The Labute approximate surface area is 226 Å². The highest BCUT2D eigenvalue weighted by Crippen LogP contribution is 2.33. The van der Waals surface area contributed by atoms with Crippen molar-refractivity contribution in [2.24, 2.45) is 0 Å². The van der Waals surface area contributed by atoms with Gasteiger partial charge in [0.25, 0.3) is 5.91 Å². The van der Waals surface area contributed by atoms with Crippen molar-refractivity contribution in [1.29, 1.82) is 0 Å². The quantitative estimate of drug-likeness (QED) is 0.306. The topological polar surface area (TPSA) is 83.5 Å². The summed E-state index contributed by atoms with van der Waals surface area (Å²) in [5, 5.41) is 0.843. The van der Waals surface area contributed by atoms with Crippen LogP contribution in [0.15, 0.2) is 76.4 Å². The first-order chi connectivity index (χ1) is 17.3. The molecule has 1 aliphatic heterocycles. The van der Waals surface area contributed by atoms with Gasteiger partial charge in [0.1, 0.15) is 4.90 Å². The third-order valence-electron chi connectivity index (χ3n) is 6.02. The number of hydrogen-bond donors (Lipinski definition) is 0. The molecule has 0 unspecified atom stereocenters. The van der Waals surface area contributed by atoms with Crippen LogP contribution < -0.4 is 0 Å². The maximum atomic E-state index is 13.7. The Morgan fingerprint density at radius 3 is 2.31 bits per heavy atom. The lowest BCUT2D eigenvalue weighted by atomic mass is 10.0. The van der Waals surface area contributed by atoms with Gasteiger partial charge in [-0.2, -0.15) is 4.31 Å². The van der Waals surface area contributed by atoms with Crippen molar-refractivity contribution in [3.63, 3.8) is 0 Å². The standard InChI is InChI=1S/C25H19BrCl2N4O3S/c26-19-6-1-5-17-18(14-22(30-23(17)19)16-4-3-9-29-15-16)25(33)31-10-12-32(13-11-31)36(34,35)24-20(27)7-2-8-21(24)28/h1-9,14-15H,10-13H2. The number of sulfonamides is 1. The van der Waals surface area contributed by atoms with Gasteiger partial charge in [-0.25, -0.2) is 13.4 Å². The van der Waals surface area contributed by atoms with Crippen LogP contribution in [-0.4, -0.2) is 59.7 Å². The van der Waals surface area contributed by atoms with Crippen molar-refractivity contribution in [2.75, 3.05) is 26.2 Å². The van der Waals surface area contributed by atoms with Gasteiger partial charge in [0, 0.05) is 54.0 Å². The average molecular weight is 606 g/mol. The molecule has 0 radical (unpaired) electrons. The molecule has 2 aromatic heterocycles. The van der Waals surface area contributed by atoms with Crippen LogP contribution in [0, 0.1) is 0 Å². The third kappa shape index (κ3) is 4.62. The molecule has 0 aliphatic carbocycles. The molecule has 0 N–H and O–H groups in total. The average Bonchev–Trinajstić information content (AvgIpc) is 2.88. The van der Waals surface area contributed by atoms with E-state index in [2.05, 4.69) is 20.9 Å². The summed E-state index contributed by atoms with van der Waals surface area (Å²) in [5.41, 5.74) is 2.57. The minimum Gasteiger partial charge on any atom is -0.336 e. The van der Waals surface area contributed by atoms with E-state index in [1.54, 1.807) is 29.4 Å². The fourth-order valence-electron chi connectivity index (χ4n) is 4.21. The molecular weight excluding hydrogens is 587 g/mol. The molecule has 5 rings (SSSR count). The number of carbonyl (C=O) groups excluding carboxylic acids is 1. The monoisotopic (exact) mass is 604 g/mol. The van der Waals surface area contributed by atoms with Crippen LogP contribution in [0.25, 0.3) is 22.2 Å². The van der Waals surface area contributed by atoms with E-state index >= 15 is 0 Å². The summed E-state index contributed by atoms with van der Waals surface area (Å²) in [4.78, 5) is 24.2. The largest absolute Gasteiger partial charge is 0.336 e. The van der Waals surface area contributed by atoms with Crippen LogP contribution in [0.4, 0.5) is 0 Å². The minimum absolute atomic E-state index is 0.0674. The van der Waals surface area contributed by atoms with Crippen molar-refractivity contribution in [2.45, 2.75) is 4.90 Å². The van der Waals surface area contributed by atoms with Gasteiger partial charge in [-0.1, -0.05) is 41.4 Å². The summed E-state index contributed by atoms with van der Waals surface area (Å²) in [7, 11) is -3.91. The first-order valence-electron chi connectivity index (χ1n) is 11.0. The maximum Gasteiger partial charge on any atom is 0.254 e. The van der Waals surface area contributed by atoms with E-state index in [-0.39, 0.29) is 47.0 Å². The number of amides is 1. The van der Waals surface area contributed by atoms with Crippen LogP contribution >= 0.6 is 39.1 Å². The van der Waals surface area contributed by atoms with E-state index in [1.807, 2.05) is 30.3 Å². The molecule has 4 aromatic rings. The zero-order chi connectivity index (χ0) is 25.4. The summed E-state index contributed by atoms with van der Waals surface area (Å²) in [6.07, 6.45) is 3.37. The zero-order valence-electron chi connectivity index (χ0n) is 18.7. The first kappa shape index (κ1) is 25.1. The smallest absolute Gasteiger partial charge is 0.254 e. The molecule has 0 spiro atoms. The molecule has 11 heteroatoms. The Morgan fingerprint density at radius 1 is 0.944 bits per heavy atom. The molecule has 1 fully saturated rings. The summed E-state index contributed by atoms with van der Waals surface area (Å²) < 4.78 is 28.5. The Balaban J connectivity index is 1.45. The Bertz CT molecular complexity index is 1560. The normalized spacial score (nSPS) is 14.8. The summed E-state index contributed by atoms with van der Waals surface area (Å²) >= 11 is 15.9. The lowest BCUT2D eigenvalue weighted by Crippen LogP contribution is -2.50. The second kappa shape index (κ2) is 10.1. The van der Waals surface area contributed by atoms with E-state index in [0.29, 0.717) is 22.2 Å². The molecule has 36 heavy (non-hydrogen) atoms. The molecule has 0 atom stereocenters. The number of piperazine rings is 1. The first-order valence-corrected chi connectivity index (χ1v) is 14.0. The van der Waals surface area contributed by atoms with Gasteiger partial charge in [-0.15, -0.1) is 0 Å². The maximum absolute atomic E-state index is 13.7. The van der Waals surface area contributed by atoms with E-state index < -0.39 is 10.0 Å². The molecule has 1 aliphatic rings. The molecule has 2 aromatic carbocycles. The van der Waals surface area contributed by atoms with Crippen molar-refractivity contribution in [3.05, 3.63) is 87.1 Å².